The van der Waals surface area contributed by atoms with Crippen molar-refractivity contribution in [2.45, 2.75) is 24.8 Å². The topological polar surface area (TPSA) is 92.4 Å². The molecule has 1 unspecified atom stereocenters. The van der Waals surface area contributed by atoms with Crippen LogP contribution in [-0.2, 0) is 9.84 Å². The fraction of sp³-hybridized carbons (Fsp3) is 0.500. The Kier molecular flexibility index (Phi) is 4.59. The van der Waals surface area contributed by atoms with Crippen LogP contribution in [0.5, 0.6) is 0 Å². The molecule has 0 spiro atoms. The van der Waals surface area contributed by atoms with Gasteiger partial charge in [0.25, 0.3) is 0 Å². The zero-order valence-electron chi connectivity index (χ0n) is 10.8. The first-order chi connectivity index (χ1) is 8.25. The van der Waals surface area contributed by atoms with E-state index in [1.165, 1.54) is 12.1 Å². The van der Waals surface area contributed by atoms with Crippen LogP contribution in [0, 0.1) is 5.92 Å². The summed E-state index contributed by atoms with van der Waals surface area (Å²) in [4.78, 5) is 0.190. The molecule has 5 nitrogen and oxygen atoms in total. The Hall–Kier alpha value is -1.27. The third kappa shape index (κ3) is 3.61. The Labute approximate surface area is 108 Å². The average molecular weight is 272 g/mol. The maximum Gasteiger partial charge on any atom is 0.175 e. The van der Waals surface area contributed by atoms with Gasteiger partial charge in [0.15, 0.2) is 9.84 Å². The molecule has 0 aliphatic carbocycles. The van der Waals surface area contributed by atoms with Crippen LogP contribution in [0.15, 0.2) is 23.1 Å². The van der Waals surface area contributed by atoms with Crippen LogP contribution >= 0.6 is 0 Å². The van der Waals surface area contributed by atoms with Gasteiger partial charge in [0.05, 0.1) is 28.9 Å². The summed E-state index contributed by atoms with van der Waals surface area (Å²) >= 11 is 0. The maximum atomic E-state index is 11.4. The normalized spacial score (nSPS) is 13.6. The predicted octanol–water partition coefficient (Wildman–Crippen LogP) is 1.10. The van der Waals surface area contributed by atoms with Gasteiger partial charge in [-0.3, -0.25) is 0 Å². The van der Waals surface area contributed by atoms with Gasteiger partial charge in [0, 0.05) is 6.26 Å². The second-order valence-corrected chi connectivity index (χ2v) is 6.71. The summed E-state index contributed by atoms with van der Waals surface area (Å²) in [5.41, 5.74) is 6.81. The van der Waals surface area contributed by atoms with E-state index in [4.69, 9.17) is 5.73 Å². The molecule has 6 heteroatoms. The zero-order chi connectivity index (χ0) is 13.9. The summed E-state index contributed by atoms with van der Waals surface area (Å²) in [5.74, 6) is 0.240. The SMILES string of the molecule is CC(C)C(CO)Nc1ccc(S(C)(=O)=O)cc1N. The number of aliphatic hydroxyl groups is 1. The van der Waals surface area contributed by atoms with Crippen molar-refractivity contribution in [3.63, 3.8) is 0 Å². The van der Waals surface area contributed by atoms with Crippen LogP contribution in [0.1, 0.15) is 13.8 Å². The minimum Gasteiger partial charge on any atom is -0.397 e. The number of nitrogens with one attached hydrogen (secondary N) is 1. The highest BCUT2D eigenvalue weighted by Gasteiger charge is 2.14. The minimum absolute atomic E-state index is 0.00899. The molecule has 0 saturated carbocycles. The van der Waals surface area contributed by atoms with Crippen molar-refractivity contribution in [1.82, 2.24) is 0 Å². The predicted molar refractivity (Wildman–Crippen MR) is 73.3 cm³/mol. The number of nitrogen functional groups attached to an aromatic ring is 1. The molecule has 102 valence electrons. The van der Waals surface area contributed by atoms with Crippen LogP contribution in [0.3, 0.4) is 0 Å². The molecular weight excluding hydrogens is 252 g/mol. The van der Waals surface area contributed by atoms with Gasteiger partial charge in [-0.15, -0.1) is 0 Å². The number of anilines is 2. The third-order valence-corrected chi connectivity index (χ3v) is 3.90. The molecule has 0 aliphatic heterocycles. The highest BCUT2D eigenvalue weighted by molar-refractivity contribution is 7.90. The van der Waals surface area contributed by atoms with Gasteiger partial charge < -0.3 is 16.2 Å². The summed E-state index contributed by atoms with van der Waals surface area (Å²) < 4.78 is 22.7. The summed E-state index contributed by atoms with van der Waals surface area (Å²) in [7, 11) is -3.25. The molecule has 0 saturated heterocycles. The number of aliphatic hydroxyl groups excluding tert-OH is 1. The van der Waals surface area contributed by atoms with Crippen molar-refractivity contribution in [1.29, 1.82) is 0 Å². The Balaban J connectivity index is 3.00. The highest BCUT2D eigenvalue weighted by atomic mass is 32.2. The van der Waals surface area contributed by atoms with E-state index in [1.54, 1.807) is 6.07 Å². The van der Waals surface area contributed by atoms with Gasteiger partial charge in [-0.1, -0.05) is 13.8 Å². The number of sulfone groups is 1. The molecular formula is C12H20N2O3S. The van der Waals surface area contributed by atoms with E-state index < -0.39 is 9.84 Å². The lowest BCUT2D eigenvalue weighted by Gasteiger charge is -2.22. The lowest BCUT2D eigenvalue weighted by atomic mass is 10.0. The van der Waals surface area contributed by atoms with Crippen LogP contribution in [-0.4, -0.2) is 32.4 Å². The molecule has 0 aliphatic rings. The largest absolute Gasteiger partial charge is 0.397 e. The molecule has 4 N–H and O–H groups in total. The first-order valence-electron chi connectivity index (χ1n) is 5.72. The van der Waals surface area contributed by atoms with E-state index in [0.29, 0.717) is 11.4 Å². The second-order valence-electron chi connectivity index (χ2n) is 4.70. The Morgan fingerprint density at radius 2 is 2.00 bits per heavy atom. The highest BCUT2D eigenvalue weighted by Crippen LogP contribution is 2.24. The van der Waals surface area contributed by atoms with Gasteiger partial charge in [-0.05, 0) is 24.1 Å². The third-order valence-electron chi connectivity index (χ3n) is 2.79. The lowest BCUT2D eigenvalue weighted by molar-refractivity contribution is 0.249. The second kappa shape index (κ2) is 5.58. The molecule has 18 heavy (non-hydrogen) atoms. The molecule has 0 aromatic heterocycles. The number of nitrogens with two attached hydrogens (primary N) is 1. The van der Waals surface area contributed by atoms with Gasteiger partial charge in [0.2, 0.25) is 0 Å². The van der Waals surface area contributed by atoms with Crippen LogP contribution < -0.4 is 11.1 Å². The summed E-state index contributed by atoms with van der Waals surface area (Å²) in [6.45, 7) is 3.95. The molecule has 0 radical (unpaired) electrons. The van der Waals surface area contributed by atoms with Crippen molar-refractivity contribution >= 4 is 21.2 Å². The van der Waals surface area contributed by atoms with E-state index in [2.05, 4.69) is 5.32 Å². The molecule has 0 amide bonds. The van der Waals surface area contributed by atoms with E-state index in [1.807, 2.05) is 13.8 Å². The number of hydrogen-bond donors (Lipinski definition) is 3. The molecule has 1 atom stereocenters. The Bertz CT molecular complexity index is 512. The first-order valence-corrected chi connectivity index (χ1v) is 7.62. The average Bonchev–Trinajstić information content (AvgIpc) is 2.25. The van der Waals surface area contributed by atoms with Gasteiger partial charge >= 0.3 is 0 Å². The number of rotatable bonds is 5. The quantitative estimate of drug-likeness (QED) is 0.698. The molecule has 0 bridgehead atoms. The summed E-state index contributed by atoms with van der Waals surface area (Å²) in [6.07, 6.45) is 1.14. The van der Waals surface area contributed by atoms with Gasteiger partial charge in [-0.2, -0.15) is 0 Å². The van der Waals surface area contributed by atoms with Gasteiger partial charge in [-0.25, -0.2) is 8.42 Å². The van der Waals surface area contributed by atoms with Crippen molar-refractivity contribution in [3.8, 4) is 0 Å². The fourth-order valence-electron chi connectivity index (χ4n) is 1.53. The van der Waals surface area contributed by atoms with Gasteiger partial charge in [0.1, 0.15) is 0 Å². The number of hydrogen-bond acceptors (Lipinski definition) is 5. The maximum absolute atomic E-state index is 11.4. The van der Waals surface area contributed by atoms with Crippen molar-refractivity contribution < 1.29 is 13.5 Å². The van der Waals surface area contributed by atoms with Crippen molar-refractivity contribution in [2.24, 2.45) is 5.92 Å². The lowest BCUT2D eigenvalue weighted by Crippen LogP contribution is -2.29. The Morgan fingerprint density at radius 1 is 1.39 bits per heavy atom. The Morgan fingerprint density at radius 3 is 2.39 bits per heavy atom. The smallest absolute Gasteiger partial charge is 0.175 e. The standard InChI is InChI=1S/C12H20N2O3S/c1-8(2)12(7-15)14-11-5-4-9(6-10(11)13)18(3,16)17/h4-6,8,12,14-15H,7,13H2,1-3H3. The van der Waals surface area contributed by atoms with Crippen molar-refractivity contribution in [3.05, 3.63) is 18.2 Å². The number of benzene rings is 1. The fourth-order valence-corrected chi connectivity index (χ4v) is 2.18. The van der Waals surface area contributed by atoms with E-state index >= 15 is 0 Å². The first kappa shape index (κ1) is 14.8. The summed E-state index contributed by atoms with van der Waals surface area (Å²) in [6, 6.07) is 4.43. The molecule has 1 aromatic rings. The van der Waals surface area contributed by atoms with E-state index in [0.717, 1.165) is 6.26 Å². The molecule has 1 rings (SSSR count). The monoisotopic (exact) mass is 272 g/mol. The molecule has 0 fully saturated rings. The summed E-state index contributed by atoms with van der Waals surface area (Å²) in [5, 5.41) is 12.3. The minimum atomic E-state index is -3.25. The van der Waals surface area contributed by atoms with Crippen molar-refractivity contribution in [2.75, 3.05) is 23.9 Å². The van der Waals surface area contributed by atoms with E-state index in [-0.39, 0.29) is 23.5 Å². The van der Waals surface area contributed by atoms with Crippen LogP contribution in [0.2, 0.25) is 0 Å². The van der Waals surface area contributed by atoms with Crippen LogP contribution in [0.4, 0.5) is 11.4 Å². The molecule has 1 aromatic carbocycles. The van der Waals surface area contributed by atoms with Crippen LogP contribution in [0.25, 0.3) is 0 Å². The molecule has 0 heterocycles. The van der Waals surface area contributed by atoms with E-state index in [9.17, 15) is 13.5 Å². The zero-order valence-corrected chi connectivity index (χ0v) is 11.7.